The van der Waals surface area contributed by atoms with Crippen molar-refractivity contribution >= 4 is 29.5 Å². The van der Waals surface area contributed by atoms with E-state index in [9.17, 15) is 4.79 Å². The number of carbonyl (C=O) groups is 1. The molecular weight excluding hydrogens is 368 g/mol. The Labute approximate surface area is 167 Å². The number of nitrogens with one attached hydrogen (secondary N) is 1. The first-order chi connectivity index (χ1) is 12.2. The Morgan fingerprint density at radius 3 is 2.73 bits per heavy atom. The van der Waals surface area contributed by atoms with Gasteiger partial charge in [0.25, 0.3) is 0 Å². The highest BCUT2D eigenvalue weighted by Crippen LogP contribution is 2.29. The first-order valence-electron chi connectivity index (χ1n) is 9.25. The maximum absolute atomic E-state index is 11.7. The van der Waals surface area contributed by atoms with Crippen molar-refractivity contribution in [1.82, 2.24) is 10.2 Å². The molecule has 2 heterocycles. The second-order valence-electron chi connectivity index (χ2n) is 8.05. The van der Waals surface area contributed by atoms with Crippen LogP contribution in [0.5, 0.6) is 0 Å². The molecular formula is C20H31ClN2O2S. The number of hydrogen-bond acceptors (Lipinski definition) is 4. The van der Waals surface area contributed by atoms with E-state index in [2.05, 4.69) is 30.6 Å². The van der Waals surface area contributed by atoms with Crippen LogP contribution < -0.4 is 5.32 Å². The van der Waals surface area contributed by atoms with Gasteiger partial charge >= 0.3 is 6.09 Å². The third-order valence-electron chi connectivity index (χ3n) is 4.40. The second-order valence-corrected chi connectivity index (χ2v) is 9.34. The fourth-order valence-corrected chi connectivity index (χ4v) is 3.86. The summed E-state index contributed by atoms with van der Waals surface area (Å²) in [5.41, 5.74) is 0.935. The minimum Gasteiger partial charge on any atom is -0.444 e. The summed E-state index contributed by atoms with van der Waals surface area (Å²) in [5.74, 6) is 0.608. The first-order valence-corrected chi connectivity index (χ1v) is 10.9. The lowest BCUT2D eigenvalue weighted by atomic mass is 10.0. The van der Waals surface area contributed by atoms with E-state index in [0.717, 1.165) is 31.0 Å². The third kappa shape index (κ3) is 6.58. The van der Waals surface area contributed by atoms with Gasteiger partial charge in [0.2, 0.25) is 0 Å². The lowest BCUT2D eigenvalue weighted by molar-refractivity contribution is 0.0174. The van der Waals surface area contributed by atoms with Crippen molar-refractivity contribution in [3.05, 3.63) is 33.9 Å². The van der Waals surface area contributed by atoms with Gasteiger partial charge in [-0.05, 0) is 69.9 Å². The largest absolute Gasteiger partial charge is 0.444 e. The monoisotopic (exact) mass is 398 g/mol. The number of piperidine rings is 1. The van der Waals surface area contributed by atoms with Crippen LogP contribution in [0.3, 0.4) is 0 Å². The molecule has 146 valence electrons. The molecule has 2 unspecified atom stereocenters. The Bertz CT molecular complexity index is 607. The summed E-state index contributed by atoms with van der Waals surface area (Å²) in [7, 11) is 0. The summed E-state index contributed by atoms with van der Waals surface area (Å²) in [6.07, 6.45) is 11.5. The molecule has 1 aliphatic carbocycles. The Hall–Kier alpha value is -1.07. The number of ether oxygens (including phenoxy) is 1. The van der Waals surface area contributed by atoms with Crippen LogP contribution in [-0.4, -0.2) is 42.0 Å². The number of rotatable bonds is 1. The predicted octanol–water partition coefficient (Wildman–Crippen LogP) is 5.27. The third-order valence-corrected chi connectivity index (χ3v) is 5.34. The summed E-state index contributed by atoms with van der Waals surface area (Å²) in [5, 5.41) is 5.52. The van der Waals surface area contributed by atoms with E-state index in [-0.39, 0.29) is 11.7 Å². The van der Waals surface area contributed by atoms with Gasteiger partial charge in [-0.15, -0.1) is 11.8 Å². The van der Waals surface area contributed by atoms with E-state index in [4.69, 9.17) is 16.3 Å². The number of thioether (sulfide) groups is 1. The predicted molar refractivity (Wildman–Crippen MR) is 111 cm³/mol. The average Bonchev–Trinajstić information content (AvgIpc) is 2.96. The minimum atomic E-state index is -0.377. The highest BCUT2D eigenvalue weighted by molar-refractivity contribution is 8.02. The van der Waals surface area contributed by atoms with Crippen LogP contribution >= 0.6 is 23.4 Å². The van der Waals surface area contributed by atoms with E-state index < -0.39 is 0 Å². The molecule has 0 radical (unpaired) electrons. The van der Waals surface area contributed by atoms with E-state index in [1.165, 1.54) is 17.0 Å². The van der Waals surface area contributed by atoms with Crippen molar-refractivity contribution in [3.63, 3.8) is 0 Å². The van der Waals surface area contributed by atoms with Crippen LogP contribution in [0.2, 0.25) is 0 Å². The summed E-state index contributed by atoms with van der Waals surface area (Å²) in [6.45, 7) is 9.57. The van der Waals surface area contributed by atoms with Crippen molar-refractivity contribution in [2.45, 2.75) is 58.6 Å². The maximum Gasteiger partial charge on any atom is 0.410 e. The molecule has 0 aromatic rings. The second kappa shape index (κ2) is 9.23. The van der Waals surface area contributed by atoms with Gasteiger partial charge in [0.15, 0.2) is 0 Å². The van der Waals surface area contributed by atoms with Gasteiger partial charge in [-0.1, -0.05) is 24.6 Å². The molecule has 6 heteroatoms. The van der Waals surface area contributed by atoms with Gasteiger partial charge in [-0.3, -0.25) is 0 Å². The van der Waals surface area contributed by atoms with Crippen molar-refractivity contribution in [1.29, 1.82) is 0 Å². The molecule has 3 aliphatic rings. The van der Waals surface area contributed by atoms with Crippen LogP contribution in [0.15, 0.2) is 33.9 Å². The topological polar surface area (TPSA) is 41.6 Å². The summed E-state index contributed by atoms with van der Waals surface area (Å²) < 4.78 is 5.31. The average molecular weight is 399 g/mol. The molecule has 0 spiro atoms. The molecule has 0 bridgehead atoms. The molecule has 26 heavy (non-hydrogen) atoms. The van der Waals surface area contributed by atoms with Crippen LogP contribution in [0.25, 0.3) is 0 Å². The van der Waals surface area contributed by atoms with Crippen LogP contribution in [0, 0.1) is 5.92 Å². The zero-order chi connectivity index (χ0) is 19.3. The fraction of sp³-hybridized carbons (Fsp3) is 0.650. The number of halogens is 1. The van der Waals surface area contributed by atoms with Crippen molar-refractivity contribution < 1.29 is 9.53 Å². The number of amides is 1. The maximum atomic E-state index is 11.7. The standard InChI is InChI=1S/C11H21NO2.C9H10ClNS/c1-9-6-5-7-12(8-9)10(13)14-11(2,3)4;1-12-9-5-6-4-7(10)2-3-8(6)11-9/h9H,5-8H2,1-4H3;2,4-5,8,11H,3H2,1H3. The van der Waals surface area contributed by atoms with Crippen LogP contribution in [0.1, 0.15) is 47.0 Å². The van der Waals surface area contributed by atoms with Crippen LogP contribution in [0.4, 0.5) is 4.79 Å². The Kier molecular flexibility index (Phi) is 7.53. The summed E-state index contributed by atoms with van der Waals surface area (Å²) in [4.78, 5) is 13.5. The molecule has 3 rings (SSSR count). The van der Waals surface area contributed by atoms with Crippen LogP contribution in [-0.2, 0) is 4.74 Å². The highest BCUT2D eigenvalue weighted by atomic mass is 35.5. The minimum absolute atomic E-state index is 0.163. The lowest BCUT2D eigenvalue weighted by Crippen LogP contribution is -2.42. The lowest BCUT2D eigenvalue weighted by Gasteiger charge is -2.32. The molecule has 1 N–H and O–H groups in total. The van der Waals surface area contributed by atoms with Gasteiger partial charge in [-0.25, -0.2) is 4.79 Å². The first kappa shape index (κ1) is 21.2. The number of nitrogens with zero attached hydrogens (tertiary/aromatic N) is 1. The molecule has 0 aromatic heterocycles. The number of likely N-dealkylation sites (tertiary alicyclic amines) is 1. The Balaban J connectivity index is 0.000000189. The van der Waals surface area contributed by atoms with E-state index in [0.29, 0.717) is 12.0 Å². The molecule has 1 fully saturated rings. The highest BCUT2D eigenvalue weighted by Gasteiger charge is 2.25. The van der Waals surface area contributed by atoms with E-state index in [1.54, 1.807) is 11.8 Å². The van der Waals surface area contributed by atoms with Crippen molar-refractivity contribution in [3.8, 4) is 0 Å². The van der Waals surface area contributed by atoms with Crippen molar-refractivity contribution in [2.75, 3.05) is 19.3 Å². The molecule has 1 amide bonds. The van der Waals surface area contributed by atoms with Gasteiger partial charge in [0, 0.05) is 18.1 Å². The van der Waals surface area contributed by atoms with E-state index >= 15 is 0 Å². The van der Waals surface area contributed by atoms with Gasteiger partial charge in [0.05, 0.1) is 11.1 Å². The summed E-state index contributed by atoms with van der Waals surface area (Å²) >= 11 is 7.64. The number of hydrogen-bond donors (Lipinski definition) is 1. The molecule has 1 saturated heterocycles. The molecule has 2 atom stereocenters. The normalized spacial score (nSPS) is 25.0. The smallest absolute Gasteiger partial charge is 0.410 e. The molecule has 0 saturated carbocycles. The Morgan fingerprint density at radius 2 is 2.12 bits per heavy atom. The molecule has 0 aromatic carbocycles. The van der Waals surface area contributed by atoms with Gasteiger partial charge in [-0.2, -0.15) is 0 Å². The van der Waals surface area contributed by atoms with Gasteiger partial charge < -0.3 is 15.0 Å². The zero-order valence-electron chi connectivity index (χ0n) is 16.5. The molecule has 2 aliphatic heterocycles. The fourth-order valence-electron chi connectivity index (χ4n) is 3.13. The number of allylic oxidation sites excluding steroid dienone is 2. The van der Waals surface area contributed by atoms with E-state index in [1.807, 2.05) is 31.7 Å². The van der Waals surface area contributed by atoms with Gasteiger partial charge in [0.1, 0.15) is 5.60 Å². The molecule has 4 nitrogen and oxygen atoms in total. The zero-order valence-corrected chi connectivity index (χ0v) is 18.0. The van der Waals surface area contributed by atoms with Crippen molar-refractivity contribution in [2.24, 2.45) is 5.92 Å². The SMILES string of the molecule is CC1CCCN(C(=O)OC(C)(C)C)C1.CSC1=CC2=CC(Cl)=CCC2N1. The Morgan fingerprint density at radius 1 is 1.38 bits per heavy atom. The summed E-state index contributed by atoms with van der Waals surface area (Å²) in [6, 6.07) is 0.468. The number of fused-ring (bicyclic) bond motifs is 1. The quantitative estimate of drug-likeness (QED) is 0.653. The number of carbonyl (C=O) groups excluding carboxylic acids is 1.